The Balaban J connectivity index is 1.30. The number of benzene rings is 1. The van der Waals surface area contributed by atoms with Gasteiger partial charge in [0, 0.05) is 28.5 Å². The van der Waals surface area contributed by atoms with Crippen molar-refractivity contribution in [2.45, 2.75) is 161 Å². The minimum absolute atomic E-state index is 0.0891. The molecule has 0 saturated heterocycles. The van der Waals surface area contributed by atoms with Gasteiger partial charge in [-0.25, -0.2) is 0 Å². The van der Waals surface area contributed by atoms with Crippen molar-refractivity contribution in [2.24, 2.45) is 5.92 Å². The molecule has 1 saturated carbocycles. The molecule has 0 N–H and O–H groups in total. The van der Waals surface area contributed by atoms with E-state index in [0.29, 0.717) is 12.3 Å². The molecule has 1 aliphatic heterocycles. The topological polar surface area (TPSA) is 20.3 Å². The molecule has 0 radical (unpaired) electrons. The average molecular weight is 575 g/mol. The fourth-order valence-electron chi connectivity index (χ4n) is 6.95. The van der Waals surface area contributed by atoms with Gasteiger partial charge in [-0.1, -0.05) is 152 Å². The zero-order valence-electron chi connectivity index (χ0n) is 24.3. The molecule has 37 heavy (non-hydrogen) atoms. The highest BCUT2D eigenvalue weighted by Crippen LogP contribution is 2.47. The summed E-state index contributed by atoms with van der Waals surface area (Å²) >= 11 is 3.70. The van der Waals surface area contributed by atoms with Gasteiger partial charge >= 0.3 is 0 Å². The van der Waals surface area contributed by atoms with Crippen LogP contribution in [0.25, 0.3) is 0 Å². The lowest BCUT2D eigenvalue weighted by atomic mass is 9.73. The van der Waals surface area contributed by atoms with E-state index in [9.17, 15) is 4.79 Å². The first-order chi connectivity index (χ1) is 18.0. The standard InChI is InChI=1S/C34H56BrNO/c1-3-4-5-6-7-8-9-10-11-12-13-14-15-16-20-23-33(37)36-28-34(2,27-29-21-18-17-19-22-29)31-26-30(35)24-25-32(31)36/h24-26,29H,3-23,27-28H2,1-2H3. The number of carbonyl (C=O) groups is 1. The maximum atomic E-state index is 13.3. The van der Waals surface area contributed by atoms with Gasteiger partial charge in [-0.3, -0.25) is 4.79 Å². The smallest absolute Gasteiger partial charge is 0.227 e. The van der Waals surface area contributed by atoms with Crippen LogP contribution in [0.4, 0.5) is 5.69 Å². The second-order valence-corrected chi connectivity index (χ2v) is 13.5. The molecule has 1 heterocycles. The summed E-state index contributed by atoms with van der Waals surface area (Å²) < 4.78 is 1.14. The van der Waals surface area contributed by atoms with Crippen LogP contribution < -0.4 is 4.90 Å². The number of hydrogen-bond donors (Lipinski definition) is 0. The first-order valence-corrected chi connectivity index (χ1v) is 16.9. The molecule has 2 aliphatic rings. The van der Waals surface area contributed by atoms with Crippen molar-refractivity contribution >= 4 is 27.5 Å². The molecule has 1 atom stereocenters. The predicted octanol–water partition coefficient (Wildman–Crippen LogP) is 11.3. The number of unbranched alkanes of at least 4 members (excludes halogenated alkanes) is 14. The second kappa shape index (κ2) is 17.0. The molecule has 210 valence electrons. The molecular formula is C34H56BrNO. The number of anilines is 1. The fraction of sp³-hybridized carbons (Fsp3) is 0.794. The van der Waals surface area contributed by atoms with E-state index in [0.717, 1.165) is 23.4 Å². The Labute approximate surface area is 237 Å². The predicted molar refractivity (Wildman–Crippen MR) is 165 cm³/mol. The van der Waals surface area contributed by atoms with Crippen molar-refractivity contribution in [3.05, 3.63) is 28.2 Å². The summed E-state index contributed by atoms with van der Waals surface area (Å²) in [5, 5.41) is 0. The zero-order valence-corrected chi connectivity index (χ0v) is 25.9. The van der Waals surface area contributed by atoms with E-state index in [4.69, 9.17) is 0 Å². The molecule has 0 aromatic heterocycles. The van der Waals surface area contributed by atoms with Crippen LogP contribution in [0.5, 0.6) is 0 Å². The summed E-state index contributed by atoms with van der Waals surface area (Å²) in [6.07, 6.45) is 29.3. The Hall–Kier alpha value is -0.830. The van der Waals surface area contributed by atoms with E-state index in [1.807, 2.05) is 0 Å². The highest BCUT2D eigenvalue weighted by atomic mass is 79.9. The van der Waals surface area contributed by atoms with Crippen molar-refractivity contribution in [3.8, 4) is 0 Å². The SMILES string of the molecule is CCCCCCCCCCCCCCCCCC(=O)N1CC(C)(CC2CCCCC2)c2cc(Br)ccc21. The first-order valence-electron chi connectivity index (χ1n) is 16.1. The average Bonchev–Trinajstić information content (AvgIpc) is 3.18. The van der Waals surface area contributed by atoms with E-state index in [1.165, 1.54) is 140 Å². The first kappa shape index (κ1) is 30.7. The molecule has 0 bridgehead atoms. The Bertz CT molecular complexity index is 786. The van der Waals surface area contributed by atoms with Gasteiger partial charge in [0.1, 0.15) is 0 Å². The van der Waals surface area contributed by atoms with Crippen LogP contribution in [0.3, 0.4) is 0 Å². The maximum absolute atomic E-state index is 13.3. The lowest BCUT2D eigenvalue weighted by molar-refractivity contribution is -0.118. The zero-order chi connectivity index (χ0) is 26.3. The monoisotopic (exact) mass is 573 g/mol. The Morgan fingerprint density at radius 2 is 1.38 bits per heavy atom. The van der Waals surface area contributed by atoms with Crippen LogP contribution in [0, 0.1) is 5.92 Å². The van der Waals surface area contributed by atoms with Gasteiger partial charge in [-0.15, -0.1) is 0 Å². The number of rotatable bonds is 18. The molecule has 1 aromatic carbocycles. The van der Waals surface area contributed by atoms with Crippen molar-refractivity contribution in [3.63, 3.8) is 0 Å². The minimum atomic E-state index is 0.0891. The number of carbonyl (C=O) groups excluding carboxylic acids is 1. The minimum Gasteiger partial charge on any atom is -0.311 e. The number of fused-ring (bicyclic) bond motifs is 1. The molecule has 3 rings (SSSR count). The van der Waals surface area contributed by atoms with Crippen LogP contribution in [0.15, 0.2) is 22.7 Å². The third kappa shape index (κ3) is 10.3. The van der Waals surface area contributed by atoms with Crippen molar-refractivity contribution in [1.82, 2.24) is 0 Å². The maximum Gasteiger partial charge on any atom is 0.227 e. The quantitative estimate of drug-likeness (QED) is 0.160. The van der Waals surface area contributed by atoms with Crippen molar-refractivity contribution in [1.29, 1.82) is 0 Å². The lowest BCUT2D eigenvalue weighted by Gasteiger charge is -2.32. The second-order valence-electron chi connectivity index (χ2n) is 12.6. The van der Waals surface area contributed by atoms with Crippen LogP contribution in [-0.4, -0.2) is 12.5 Å². The summed E-state index contributed by atoms with van der Waals surface area (Å²) in [6.45, 7) is 5.57. The Morgan fingerprint density at radius 3 is 1.95 bits per heavy atom. The van der Waals surface area contributed by atoms with Crippen LogP contribution >= 0.6 is 15.9 Å². The molecule has 1 amide bonds. The van der Waals surface area contributed by atoms with E-state index in [1.54, 1.807) is 0 Å². The van der Waals surface area contributed by atoms with Gasteiger partial charge < -0.3 is 4.90 Å². The van der Waals surface area contributed by atoms with Gasteiger partial charge in [0.05, 0.1) is 0 Å². The summed E-state index contributed by atoms with van der Waals surface area (Å²) in [7, 11) is 0. The van der Waals surface area contributed by atoms with E-state index < -0.39 is 0 Å². The summed E-state index contributed by atoms with van der Waals surface area (Å²) in [6, 6.07) is 6.58. The number of halogens is 1. The highest BCUT2D eigenvalue weighted by molar-refractivity contribution is 9.10. The Kier molecular flexibility index (Phi) is 14.1. The molecular weight excluding hydrogens is 518 g/mol. The third-order valence-electron chi connectivity index (χ3n) is 9.17. The number of amides is 1. The van der Waals surface area contributed by atoms with E-state index in [-0.39, 0.29) is 5.41 Å². The van der Waals surface area contributed by atoms with Crippen LogP contribution in [0.1, 0.15) is 161 Å². The highest BCUT2D eigenvalue weighted by Gasteiger charge is 2.42. The van der Waals surface area contributed by atoms with Crippen molar-refractivity contribution in [2.75, 3.05) is 11.4 Å². The molecule has 0 spiro atoms. The van der Waals surface area contributed by atoms with Gasteiger partial charge in [0.2, 0.25) is 5.91 Å². The van der Waals surface area contributed by atoms with Crippen LogP contribution in [-0.2, 0) is 10.2 Å². The summed E-state index contributed by atoms with van der Waals surface area (Å²) in [4.78, 5) is 15.5. The van der Waals surface area contributed by atoms with Crippen LogP contribution in [0.2, 0.25) is 0 Å². The fourth-order valence-corrected chi connectivity index (χ4v) is 7.32. The summed E-state index contributed by atoms with van der Waals surface area (Å²) in [5.41, 5.74) is 2.65. The molecule has 3 heteroatoms. The third-order valence-corrected chi connectivity index (χ3v) is 9.66. The van der Waals surface area contributed by atoms with E-state index in [2.05, 4.69) is 52.9 Å². The van der Waals surface area contributed by atoms with E-state index >= 15 is 0 Å². The van der Waals surface area contributed by atoms with Crippen molar-refractivity contribution < 1.29 is 4.79 Å². The molecule has 1 fully saturated rings. The molecule has 1 aromatic rings. The largest absolute Gasteiger partial charge is 0.311 e. The summed E-state index contributed by atoms with van der Waals surface area (Å²) in [5.74, 6) is 1.15. The lowest BCUT2D eigenvalue weighted by Crippen LogP contribution is -2.36. The van der Waals surface area contributed by atoms with Gasteiger partial charge in [0.25, 0.3) is 0 Å². The molecule has 1 unspecified atom stereocenters. The number of nitrogens with zero attached hydrogens (tertiary/aromatic N) is 1. The van der Waals surface area contributed by atoms with Gasteiger partial charge in [-0.2, -0.15) is 0 Å². The molecule has 1 aliphatic carbocycles. The number of hydrogen-bond acceptors (Lipinski definition) is 1. The van der Waals surface area contributed by atoms with Gasteiger partial charge in [-0.05, 0) is 42.5 Å². The van der Waals surface area contributed by atoms with Gasteiger partial charge in [0.15, 0.2) is 0 Å². The normalized spacial score (nSPS) is 19.9. The Morgan fingerprint density at radius 1 is 0.838 bits per heavy atom. The molecule has 2 nitrogen and oxygen atoms in total.